The highest BCUT2D eigenvalue weighted by Gasteiger charge is 2.01. The lowest BCUT2D eigenvalue weighted by atomic mass is 10.3. The topological polar surface area (TPSA) is 42.7 Å². The molecule has 0 aliphatic rings. The molecule has 0 unspecified atom stereocenters. The van der Waals surface area contributed by atoms with Gasteiger partial charge in [0, 0.05) is 12.4 Å². The van der Waals surface area contributed by atoms with Gasteiger partial charge in [0.05, 0.1) is 6.54 Å². The van der Waals surface area contributed by atoms with E-state index in [0.29, 0.717) is 0 Å². The fraction of sp³-hybridized carbons (Fsp3) is 0.800. The van der Waals surface area contributed by atoms with Crippen molar-refractivity contribution in [2.75, 3.05) is 12.4 Å². The van der Waals surface area contributed by atoms with Crippen molar-refractivity contribution in [1.82, 2.24) is 20.1 Å². The van der Waals surface area contributed by atoms with Crippen molar-refractivity contribution in [3.05, 3.63) is 12.2 Å². The Kier molecular flexibility index (Phi) is 6.36. The molecule has 0 saturated carbocycles. The van der Waals surface area contributed by atoms with E-state index in [0.717, 1.165) is 50.6 Å². The van der Waals surface area contributed by atoms with E-state index in [1.54, 1.807) is 6.33 Å². The summed E-state index contributed by atoms with van der Waals surface area (Å²) >= 11 is 5.59. The predicted octanol–water partition coefficient (Wildman–Crippen LogP) is 1.80. The number of hydrogen-bond acceptors (Lipinski definition) is 3. The molecular formula is C10H19ClN4. The fourth-order valence-electron chi connectivity index (χ4n) is 1.37. The van der Waals surface area contributed by atoms with E-state index in [-0.39, 0.29) is 0 Å². The monoisotopic (exact) mass is 230 g/mol. The van der Waals surface area contributed by atoms with E-state index >= 15 is 0 Å². The maximum atomic E-state index is 5.59. The summed E-state index contributed by atoms with van der Waals surface area (Å²) in [6, 6.07) is 0. The van der Waals surface area contributed by atoms with Gasteiger partial charge in [-0.1, -0.05) is 6.92 Å². The van der Waals surface area contributed by atoms with Crippen LogP contribution in [0.5, 0.6) is 0 Å². The number of nitrogens with zero attached hydrogens (tertiary/aromatic N) is 3. The van der Waals surface area contributed by atoms with Gasteiger partial charge in [-0.25, -0.2) is 9.67 Å². The van der Waals surface area contributed by atoms with Crippen LogP contribution >= 0.6 is 11.6 Å². The Morgan fingerprint density at radius 3 is 3.07 bits per heavy atom. The summed E-state index contributed by atoms with van der Waals surface area (Å²) in [6.07, 6.45) is 4.88. The van der Waals surface area contributed by atoms with Crippen LogP contribution in [0.15, 0.2) is 6.33 Å². The molecule has 1 aromatic heterocycles. The zero-order chi connectivity index (χ0) is 10.9. The first kappa shape index (κ1) is 12.5. The number of unbranched alkanes of at least 4 members (excludes halogenated alkanes) is 1. The van der Waals surface area contributed by atoms with E-state index in [1.807, 2.05) is 4.68 Å². The number of halogens is 1. The van der Waals surface area contributed by atoms with Gasteiger partial charge in [-0.15, -0.1) is 11.6 Å². The summed E-state index contributed by atoms with van der Waals surface area (Å²) in [5, 5.41) is 7.50. The smallest absolute Gasteiger partial charge is 0.140 e. The SMILES string of the molecule is CCCn1ncnc1CNCCCCCl. The Labute approximate surface area is 96.0 Å². The number of aryl methyl sites for hydroxylation is 1. The standard InChI is InChI=1S/C10H19ClN4/c1-2-7-15-10(13-9-14-15)8-12-6-4-3-5-11/h9,12H,2-8H2,1H3. The molecule has 86 valence electrons. The van der Waals surface area contributed by atoms with Crippen LogP contribution in [0, 0.1) is 0 Å². The maximum absolute atomic E-state index is 5.59. The zero-order valence-corrected chi connectivity index (χ0v) is 10.0. The summed E-state index contributed by atoms with van der Waals surface area (Å²) < 4.78 is 1.95. The largest absolute Gasteiger partial charge is 0.310 e. The second kappa shape index (κ2) is 7.65. The lowest BCUT2D eigenvalue weighted by molar-refractivity contribution is 0.537. The van der Waals surface area contributed by atoms with Crippen LogP contribution in [0.4, 0.5) is 0 Å². The quantitative estimate of drug-likeness (QED) is 0.547. The van der Waals surface area contributed by atoms with Gasteiger partial charge in [-0.3, -0.25) is 0 Å². The van der Waals surface area contributed by atoms with Crippen molar-refractivity contribution in [2.45, 2.75) is 39.3 Å². The van der Waals surface area contributed by atoms with Crippen LogP contribution in [-0.2, 0) is 13.1 Å². The number of rotatable bonds is 8. The summed E-state index contributed by atoms with van der Waals surface area (Å²) in [6.45, 7) is 4.87. The van der Waals surface area contributed by atoms with Crippen LogP contribution < -0.4 is 5.32 Å². The molecule has 0 spiro atoms. The van der Waals surface area contributed by atoms with E-state index in [9.17, 15) is 0 Å². The Morgan fingerprint density at radius 1 is 1.47 bits per heavy atom. The van der Waals surface area contributed by atoms with Gasteiger partial charge in [0.15, 0.2) is 0 Å². The van der Waals surface area contributed by atoms with Gasteiger partial charge in [-0.2, -0.15) is 5.10 Å². The lowest BCUT2D eigenvalue weighted by Gasteiger charge is -2.05. The molecule has 15 heavy (non-hydrogen) atoms. The number of nitrogens with one attached hydrogen (secondary N) is 1. The minimum atomic E-state index is 0.744. The van der Waals surface area contributed by atoms with Crippen LogP contribution in [0.3, 0.4) is 0 Å². The molecule has 0 aliphatic heterocycles. The maximum Gasteiger partial charge on any atom is 0.140 e. The van der Waals surface area contributed by atoms with E-state index in [2.05, 4.69) is 22.3 Å². The average molecular weight is 231 g/mol. The summed E-state index contributed by atoms with van der Waals surface area (Å²) in [5.41, 5.74) is 0. The van der Waals surface area contributed by atoms with Crippen molar-refractivity contribution < 1.29 is 0 Å². The molecule has 1 N–H and O–H groups in total. The van der Waals surface area contributed by atoms with E-state index in [4.69, 9.17) is 11.6 Å². The second-order valence-electron chi connectivity index (χ2n) is 3.47. The third-order valence-corrected chi connectivity index (χ3v) is 2.42. The third-order valence-electron chi connectivity index (χ3n) is 2.15. The Morgan fingerprint density at radius 2 is 2.33 bits per heavy atom. The molecule has 0 fully saturated rings. The van der Waals surface area contributed by atoms with Crippen molar-refractivity contribution in [3.8, 4) is 0 Å². The van der Waals surface area contributed by atoms with Crippen molar-refractivity contribution in [2.24, 2.45) is 0 Å². The molecule has 4 nitrogen and oxygen atoms in total. The molecule has 1 rings (SSSR count). The number of hydrogen-bond donors (Lipinski definition) is 1. The molecule has 0 aliphatic carbocycles. The van der Waals surface area contributed by atoms with Crippen molar-refractivity contribution >= 4 is 11.6 Å². The van der Waals surface area contributed by atoms with Crippen LogP contribution in [0.2, 0.25) is 0 Å². The Balaban J connectivity index is 2.21. The van der Waals surface area contributed by atoms with Crippen LogP contribution in [-0.4, -0.2) is 27.2 Å². The molecule has 1 aromatic rings. The summed E-state index contributed by atoms with van der Waals surface area (Å²) in [5.74, 6) is 1.76. The van der Waals surface area contributed by atoms with E-state index < -0.39 is 0 Å². The van der Waals surface area contributed by atoms with Crippen molar-refractivity contribution in [1.29, 1.82) is 0 Å². The minimum Gasteiger partial charge on any atom is -0.310 e. The first-order chi connectivity index (χ1) is 7.38. The second-order valence-corrected chi connectivity index (χ2v) is 3.85. The molecule has 5 heteroatoms. The van der Waals surface area contributed by atoms with Gasteiger partial charge < -0.3 is 5.32 Å². The molecule has 0 bridgehead atoms. The van der Waals surface area contributed by atoms with Crippen molar-refractivity contribution in [3.63, 3.8) is 0 Å². The molecule has 0 radical (unpaired) electrons. The van der Waals surface area contributed by atoms with E-state index in [1.165, 1.54) is 0 Å². The van der Waals surface area contributed by atoms with Gasteiger partial charge >= 0.3 is 0 Å². The molecule has 0 saturated heterocycles. The minimum absolute atomic E-state index is 0.744. The lowest BCUT2D eigenvalue weighted by Crippen LogP contribution is -2.18. The molecule has 0 amide bonds. The van der Waals surface area contributed by atoms with Crippen LogP contribution in [0.25, 0.3) is 0 Å². The van der Waals surface area contributed by atoms with Gasteiger partial charge in [0.2, 0.25) is 0 Å². The average Bonchev–Trinajstić information content (AvgIpc) is 2.66. The van der Waals surface area contributed by atoms with Gasteiger partial charge in [0.1, 0.15) is 12.2 Å². The first-order valence-electron chi connectivity index (χ1n) is 5.51. The Bertz CT molecular complexity index is 262. The predicted molar refractivity (Wildman–Crippen MR) is 62.0 cm³/mol. The van der Waals surface area contributed by atoms with Gasteiger partial charge in [-0.05, 0) is 25.8 Å². The molecule has 0 aromatic carbocycles. The zero-order valence-electron chi connectivity index (χ0n) is 9.25. The molecule has 0 atom stereocenters. The number of alkyl halides is 1. The van der Waals surface area contributed by atoms with Crippen LogP contribution in [0.1, 0.15) is 32.0 Å². The summed E-state index contributed by atoms with van der Waals surface area (Å²) in [4.78, 5) is 4.22. The first-order valence-corrected chi connectivity index (χ1v) is 6.05. The highest BCUT2D eigenvalue weighted by Crippen LogP contribution is 1.96. The van der Waals surface area contributed by atoms with Gasteiger partial charge in [0.25, 0.3) is 0 Å². The normalized spacial score (nSPS) is 10.8. The highest BCUT2D eigenvalue weighted by molar-refractivity contribution is 6.17. The third kappa shape index (κ3) is 4.62. The number of aromatic nitrogens is 3. The molecule has 1 heterocycles. The highest BCUT2D eigenvalue weighted by atomic mass is 35.5. The summed E-state index contributed by atoms with van der Waals surface area (Å²) in [7, 11) is 0. The fourth-order valence-corrected chi connectivity index (χ4v) is 1.56. The molecular weight excluding hydrogens is 212 g/mol. The Hall–Kier alpha value is -0.610.